The molecule has 1 aliphatic heterocycles. The first-order chi connectivity index (χ1) is 10.6. The van der Waals surface area contributed by atoms with E-state index in [0.717, 1.165) is 12.2 Å². The maximum absolute atomic E-state index is 6.39. The van der Waals surface area contributed by atoms with Crippen LogP contribution >= 0.6 is 23.4 Å². The average Bonchev–Trinajstić information content (AvgIpc) is 2.54. The maximum Gasteiger partial charge on any atom is 0.220 e. The molecule has 0 aliphatic carbocycles. The molecule has 0 radical (unpaired) electrons. The number of benzene rings is 2. The molecule has 3 atom stereocenters. The molecule has 0 bridgehead atoms. The molecule has 3 unspecified atom stereocenters. The van der Waals surface area contributed by atoms with Crippen molar-refractivity contribution in [2.75, 3.05) is 0 Å². The van der Waals surface area contributed by atoms with Crippen molar-refractivity contribution in [3.63, 3.8) is 0 Å². The predicted octanol–water partition coefficient (Wildman–Crippen LogP) is 6.25. The number of aryl methyl sites for hydroxylation is 1. The second-order valence-electron chi connectivity index (χ2n) is 5.90. The van der Waals surface area contributed by atoms with Gasteiger partial charge in [-0.05, 0) is 30.4 Å². The average molecular weight is 333 g/mol. The van der Waals surface area contributed by atoms with Crippen LogP contribution in [-0.2, 0) is 0 Å². The van der Waals surface area contributed by atoms with E-state index in [2.05, 4.69) is 57.2 Å². The molecule has 0 amide bonds. The largest absolute Gasteiger partial charge is 0.465 e. The summed E-state index contributed by atoms with van der Waals surface area (Å²) >= 11 is 8.05. The quantitative estimate of drug-likeness (QED) is 0.615. The predicted molar refractivity (Wildman–Crippen MR) is 96.0 cm³/mol. The summed E-state index contributed by atoms with van der Waals surface area (Å²) in [7, 11) is 0. The van der Waals surface area contributed by atoms with Gasteiger partial charge in [0.25, 0.3) is 0 Å². The minimum Gasteiger partial charge on any atom is -0.465 e. The minimum absolute atomic E-state index is 0.232. The van der Waals surface area contributed by atoms with Gasteiger partial charge in [0.2, 0.25) is 4.90 Å². The summed E-state index contributed by atoms with van der Waals surface area (Å²) in [5.74, 6) is 1.46. The Balaban J connectivity index is 2.15. The SMILES string of the molecule is CCC(C)c1cc(C)cc2c1OC(Cl)SC2c1ccccc1. The molecule has 3 rings (SSSR count). The minimum atomic E-state index is -0.344. The van der Waals surface area contributed by atoms with Crippen LogP contribution in [0.2, 0.25) is 0 Å². The standard InChI is InChI=1S/C19H21ClOS/c1-4-13(3)15-10-12(2)11-16-17(15)21-19(20)22-18(16)14-8-6-5-7-9-14/h5-11,13,18-19H,4H2,1-3H3. The van der Waals surface area contributed by atoms with Crippen LogP contribution in [0.4, 0.5) is 0 Å². The Kier molecular flexibility index (Phi) is 4.70. The van der Waals surface area contributed by atoms with Gasteiger partial charge in [-0.1, -0.05) is 85.2 Å². The van der Waals surface area contributed by atoms with E-state index >= 15 is 0 Å². The zero-order valence-electron chi connectivity index (χ0n) is 13.2. The van der Waals surface area contributed by atoms with Crippen LogP contribution < -0.4 is 4.74 Å². The molecule has 1 heterocycles. The van der Waals surface area contributed by atoms with E-state index in [0.29, 0.717) is 5.92 Å². The van der Waals surface area contributed by atoms with Crippen LogP contribution in [0.3, 0.4) is 0 Å². The van der Waals surface area contributed by atoms with Gasteiger partial charge in [-0.15, -0.1) is 0 Å². The Morgan fingerprint density at radius 1 is 1.23 bits per heavy atom. The molecule has 0 fully saturated rings. The van der Waals surface area contributed by atoms with Crippen LogP contribution in [0.25, 0.3) is 0 Å². The van der Waals surface area contributed by atoms with E-state index in [9.17, 15) is 0 Å². The van der Waals surface area contributed by atoms with Crippen molar-refractivity contribution in [2.45, 2.75) is 43.3 Å². The number of hydrogen-bond donors (Lipinski definition) is 0. The summed E-state index contributed by atoms with van der Waals surface area (Å²) in [6.45, 7) is 6.62. The summed E-state index contributed by atoms with van der Waals surface area (Å²) in [4.78, 5) is -0.344. The first-order valence-corrected chi connectivity index (χ1v) is 9.13. The number of alkyl halides is 1. The van der Waals surface area contributed by atoms with Crippen molar-refractivity contribution in [2.24, 2.45) is 0 Å². The molecule has 0 saturated carbocycles. The van der Waals surface area contributed by atoms with E-state index in [1.54, 1.807) is 11.8 Å². The molecule has 0 spiro atoms. The highest BCUT2D eigenvalue weighted by molar-refractivity contribution is 8.01. The summed E-state index contributed by atoms with van der Waals surface area (Å²) in [6, 6.07) is 15.0. The smallest absolute Gasteiger partial charge is 0.220 e. The van der Waals surface area contributed by atoms with Crippen LogP contribution in [0.15, 0.2) is 42.5 Å². The molecule has 3 heteroatoms. The van der Waals surface area contributed by atoms with Crippen LogP contribution in [0.1, 0.15) is 53.7 Å². The van der Waals surface area contributed by atoms with Gasteiger partial charge in [-0.2, -0.15) is 0 Å². The normalized spacial score (nSPS) is 21.8. The fourth-order valence-corrected chi connectivity index (χ4v) is 4.33. The number of ether oxygens (including phenoxy) is 1. The third kappa shape index (κ3) is 3.00. The second-order valence-corrected chi connectivity index (χ2v) is 7.73. The molecular weight excluding hydrogens is 312 g/mol. The van der Waals surface area contributed by atoms with Crippen molar-refractivity contribution >= 4 is 23.4 Å². The van der Waals surface area contributed by atoms with Crippen molar-refractivity contribution < 1.29 is 4.74 Å². The zero-order chi connectivity index (χ0) is 15.7. The highest BCUT2D eigenvalue weighted by Crippen LogP contribution is 2.51. The number of halogens is 1. The molecular formula is C19H21ClOS. The monoisotopic (exact) mass is 332 g/mol. The van der Waals surface area contributed by atoms with E-state index in [1.165, 1.54) is 22.3 Å². The van der Waals surface area contributed by atoms with Gasteiger partial charge < -0.3 is 4.74 Å². The molecule has 2 aromatic carbocycles. The van der Waals surface area contributed by atoms with Crippen LogP contribution in [-0.4, -0.2) is 4.90 Å². The molecule has 116 valence electrons. The summed E-state index contributed by atoms with van der Waals surface area (Å²) in [5, 5.41) is 0.232. The van der Waals surface area contributed by atoms with Crippen LogP contribution in [0, 0.1) is 6.92 Å². The third-order valence-electron chi connectivity index (χ3n) is 4.27. The van der Waals surface area contributed by atoms with E-state index < -0.39 is 0 Å². The summed E-state index contributed by atoms with van der Waals surface area (Å²) < 4.78 is 6.02. The van der Waals surface area contributed by atoms with Crippen molar-refractivity contribution in [1.82, 2.24) is 0 Å². The van der Waals surface area contributed by atoms with Crippen molar-refractivity contribution in [1.29, 1.82) is 0 Å². The van der Waals surface area contributed by atoms with E-state index in [1.807, 2.05) is 6.07 Å². The number of hydrogen-bond acceptors (Lipinski definition) is 2. The first kappa shape index (κ1) is 15.8. The van der Waals surface area contributed by atoms with E-state index in [-0.39, 0.29) is 10.1 Å². The molecule has 0 saturated heterocycles. The molecule has 22 heavy (non-hydrogen) atoms. The Morgan fingerprint density at radius 2 is 1.95 bits per heavy atom. The Hall–Kier alpha value is -1.12. The lowest BCUT2D eigenvalue weighted by Crippen LogP contribution is -2.18. The highest BCUT2D eigenvalue weighted by atomic mass is 35.5. The van der Waals surface area contributed by atoms with Gasteiger partial charge in [-0.3, -0.25) is 0 Å². The maximum atomic E-state index is 6.39. The lowest BCUT2D eigenvalue weighted by atomic mass is 9.91. The number of fused-ring (bicyclic) bond motifs is 1. The summed E-state index contributed by atoms with van der Waals surface area (Å²) in [5.41, 5.74) is 5.10. The Morgan fingerprint density at radius 3 is 2.64 bits per heavy atom. The summed E-state index contributed by atoms with van der Waals surface area (Å²) in [6.07, 6.45) is 1.09. The van der Waals surface area contributed by atoms with Gasteiger partial charge in [0.15, 0.2) is 0 Å². The Bertz CT molecular complexity index is 656. The van der Waals surface area contributed by atoms with Crippen molar-refractivity contribution in [3.05, 3.63) is 64.7 Å². The lowest BCUT2D eigenvalue weighted by molar-refractivity contribution is 0.342. The topological polar surface area (TPSA) is 9.23 Å². The fourth-order valence-electron chi connectivity index (χ4n) is 2.93. The highest BCUT2D eigenvalue weighted by Gasteiger charge is 2.31. The molecule has 1 nitrogen and oxygen atoms in total. The second kappa shape index (κ2) is 6.55. The molecule has 1 aliphatic rings. The van der Waals surface area contributed by atoms with Gasteiger partial charge in [0, 0.05) is 5.56 Å². The fraction of sp³-hybridized carbons (Fsp3) is 0.368. The van der Waals surface area contributed by atoms with E-state index in [4.69, 9.17) is 16.3 Å². The lowest BCUT2D eigenvalue weighted by Gasteiger charge is -2.32. The first-order valence-electron chi connectivity index (χ1n) is 7.75. The van der Waals surface area contributed by atoms with Gasteiger partial charge >= 0.3 is 0 Å². The molecule has 0 aromatic heterocycles. The third-order valence-corrected chi connectivity index (χ3v) is 5.78. The van der Waals surface area contributed by atoms with Crippen molar-refractivity contribution in [3.8, 4) is 5.75 Å². The Labute approximate surface area is 142 Å². The number of rotatable bonds is 3. The van der Waals surface area contributed by atoms with Gasteiger partial charge in [0.1, 0.15) is 5.75 Å². The zero-order valence-corrected chi connectivity index (χ0v) is 14.7. The molecule has 0 N–H and O–H groups in total. The van der Waals surface area contributed by atoms with Crippen LogP contribution in [0.5, 0.6) is 5.75 Å². The van der Waals surface area contributed by atoms with Gasteiger partial charge in [-0.25, -0.2) is 0 Å². The van der Waals surface area contributed by atoms with Gasteiger partial charge in [0.05, 0.1) is 5.25 Å². The number of thioether (sulfide) groups is 1. The molecule has 2 aromatic rings.